The molecule has 0 heterocycles. The average molecular weight is 303 g/mol. The van der Waals surface area contributed by atoms with Gasteiger partial charge in [0.1, 0.15) is 0 Å². The zero-order valence-corrected chi connectivity index (χ0v) is 12.5. The average Bonchev–Trinajstić information content (AvgIpc) is 2.44. The van der Waals surface area contributed by atoms with E-state index in [0.717, 1.165) is 12.8 Å². The molecule has 0 aromatic heterocycles. The van der Waals surface area contributed by atoms with E-state index in [9.17, 15) is 18.3 Å². The van der Waals surface area contributed by atoms with Gasteiger partial charge in [-0.15, -0.1) is 0 Å². The number of aliphatic hydroxyl groups is 1. The molecule has 0 bridgehead atoms. The highest BCUT2D eigenvalue weighted by atomic mass is 19.4. The first-order valence-corrected chi connectivity index (χ1v) is 7.40. The first-order valence-electron chi connectivity index (χ1n) is 7.40. The van der Waals surface area contributed by atoms with E-state index >= 15 is 0 Å². The van der Waals surface area contributed by atoms with Crippen LogP contribution in [0.2, 0.25) is 0 Å². The van der Waals surface area contributed by atoms with Crippen molar-refractivity contribution in [3.63, 3.8) is 0 Å². The fourth-order valence-corrected chi connectivity index (χ4v) is 2.49. The Morgan fingerprint density at radius 1 is 1.10 bits per heavy atom. The van der Waals surface area contributed by atoms with Crippen LogP contribution in [-0.4, -0.2) is 23.9 Å². The SMILES string of the molecule is CCC(CC)C(O)CNC(CC(F)(F)F)c1ccccc1. The lowest BCUT2D eigenvalue weighted by molar-refractivity contribution is -0.140. The van der Waals surface area contributed by atoms with Crippen LogP contribution in [0.3, 0.4) is 0 Å². The van der Waals surface area contributed by atoms with E-state index in [1.54, 1.807) is 30.3 Å². The zero-order valence-electron chi connectivity index (χ0n) is 12.5. The largest absolute Gasteiger partial charge is 0.392 e. The van der Waals surface area contributed by atoms with Crippen molar-refractivity contribution in [3.05, 3.63) is 35.9 Å². The van der Waals surface area contributed by atoms with Crippen LogP contribution >= 0.6 is 0 Å². The molecule has 5 heteroatoms. The highest BCUT2D eigenvalue weighted by Gasteiger charge is 2.32. The summed E-state index contributed by atoms with van der Waals surface area (Å²) in [5.74, 6) is 0.111. The third kappa shape index (κ3) is 6.48. The molecule has 1 aromatic rings. The number of hydrogen-bond donors (Lipinski definition) is 2. The normalized spacial score (nSPS) is 15.2. The summed E-state index contributed by atoms with van der Waals surface area (Å²) >= 11 is 0. The number of hydrogen-bond acceptors (Lipinski definition) is 2. The van der Waals surface area contributed by atoms with Crippen molar-refractivity contribution in [2.75, 3.05) is 6.54 Å². The van der Waals surface area contributed by atoms with E-state index in [1.807, 2.05) is 13.8 Å². The summed E-state index contributed by atoms with van der Waals surface area (Å²) in [6.07, 6.45) is -4.18. The molecular weight excluding hydrogens is 279 g/mol. The first kappa shape index (κ1) is 18.0. The maximum absolute atomic E-state index is 12.7. The highest BCUT2D eigenvalue weighted by molar-refractivity contribution is 5.19. The molecule has 0 fully saturated rings. The first-order chi connectivity index (χ1) is 9.87. The van der Waals surface area contributed by atoms with Gasteiger partial charge in [0.05, 0.1) is 12.5 Å². The quantitative estimate of drug-likeness (QED) is 0.759. The lowest BCUT2D eigenvalue weighted by Crippen LogP contribution is -2.36. The monoisotopic (exact) mass is 303 g/mol. The standard InChI is InChI=1S/C16H24F3NO/c1-3-12(4-2)15(21)11-20-14(10-16(17,18)19)13-8-6-5-7-9-13/h5-9,12,14-15,20-21H,3-4,10-11H2,1-2H3. The predicted molar refractivity (Wildman–Crippen MR) is 77.9 cm³/mol. The maximum atomic E-state index is 12.7. The number of alkyl halides is 3. The second kappa shape index (κ2) is 8.39. The van der Waals surface area contributed by atoms with E-state index < -0.39 is 24.7 Å². The number of halogens is 3. The van der Waals surface area contributed by atoms with Crippen LogP contribution in [0.5, 0.6) is 0 Å². The number of aliphatic hydroxyl groups excluding tert-OH is 1. The molecule has 120 valence electrons. The van der Waals surface area contributed by atoms with Gasteiger partial charge < -0.3 is 10.4 Å². The number of rotatable bonds is 8. The molecule has 0 radical (unpaired) electrons. The highest BCUT2D eigenvalue weighted by Crippen LogP contribution is 2.29. The molecule has 0 aliphatic rings. The van der Waals surface area contributed by atoms with Crippen molar-refractivity contribution in [1.29, 1.82) is 0 Å². The summed E-state index contributed by atoms with van der Waals surface area (Å²) < 4.78 is 38.1. The summed E-state index contributed by atoms with van der Waals surface area (Å²) in [6.45, 7) is 4.12. The second-order valence-corrected chi connectivity index (χ2v) is 5.33. The zero-order chi connectivity index (χ0) is 15.9. The van der Waals surface area contributed by atoms with Crippen LogP contribution < -0.4 is 5.32 Å². The van der Waals surface area contributed by atoms with Gasteiger partial charge in [0.15, 0.2) is 0 Å². The minimum absolute atomic E-state index is 0.111. The Bertz CT molecular complexity index is 390. The summed E-state index contributed by atoms with van der Waals surface area (Å²) in [6, 6.07) is 7.73. The van der Waals surface area contributed by atoms with Gasteiger partial charge in [-0.25, -0.2) is 0 Å². The van der Waals surface area contributed by atoms with Crippen LogP contribution in [0.15, 0.2) is 30.3 Å². The van der Waals surface area contributed by atoms with Crippen molar-refractivity contribution in [1.82, 2.24) is 5.32 Å². The van der Waals surface area contributed by atoms with Crippen molar-refractivity contribution in [2.24, 2.45) is 5.92 Å². The van der Waals surface area contributed by atoms with Crippen molar-refractivity contribution >= 4 is 0 Å². The molecular formula is C16H24F3NO. The topological polar surface area (TPSA) is 32.3 Å². The molecule has 2 atom stereocenters. The Morgan fingerprint density at radius 2 is 1.67 bits per heavy atom. The Hall–Kier alpha value is -1.07. The fraction of sp³-hybridized carbons (Fsp3) is 0.625. The Kier molecular flexibility index (Phi) is 7.18. The van der Waals surface area contributed by atoms with Crippen molar-refractivity contribution < 1.29 is 18.3 Å². The third-order valence-electron chi connectivity index (χ3n) is 3.80. The number of nitrogens with one attached hydrogen (secondary N) is 1. The van der Waals surface area contributed by atoms with Crippen LogP contribution in [0, 0.1) is 5.92 Å². The lowest BCUT2D eigenvalue weighted by atomic mass is 9.95. The summed E-state index contributed by atoms with van der Waals surface area (Å²) in [7, 11) is 0. The van der Waals surface area contributed by atoms with Crippen LogP contribution in [0.25, 0.3) is 0 Å². The second-order valence-electron chi connectivity index (χ2n) is 5.33. The smallest absolute Gasteiger partial charge is 0.390 e. The van der Waals surface area contributed by atoms with Gasteiger partial charge >= 0.3 is 6.18 Å². The van der Waals surface area contributed by atoms with E-state index in [4.69, 9.17) is 0 Å². The van der Waals surface area contributed by atoms with E-state index in [-0.39, 0.29) is 12.5 Å². The molecule has 2 N–H and O–H groups in total. The summed E-state index contributed by atoms with van der Waals surface area (Å²) in [5, 5.41) is 12.9. The van der Waals surface area contributed by atoms with Crippen LogP contribution in [-0.2, 0) is 0 Å². The lowest BCUT2D eigenvalue weighted by Gasteiger charge is -2.25. The molecule has 21 heavy (non-hydrogen) atoms. The minimum atomic E-state index is -4.24. The van der Waals surface area contributed by atoms with Gasteiger partial charge in [-0.2, -0.15) is 13.2 Å². The Morgan fingerprint density at radius 3 is 2.14 bits per heavy atom. The van der Waals surface area contributed by atoms with Gasteiger partial charge in [-0.3, -0.25) is 0 Å². The van der Waals surface area contributed by atoms with E-state index in [1.165, 1.54) is 0 Å². The van der Waals surface area contributed by atoms with Gasteiger partial charge in [-0.1, -0.05) is 57.0 Å². The van der Waals surface area contributed by atoms with Gasteiger partial charge in [0.2, 0.25) is 0 Å². The van der Waals surface area contributed by atoms with E-state index in [2.05, 4.69) is 5.32 Å². The Balaban J connectivity index is 2.70. The molecule has 0 amide bonds. The third-order valence-corrected chi connectivity index (χ3v) is 3.80. The van der Waals surface area contributed by atoms with Crippen LogP contribution in [0.4, 0.5) is 13.2 Å². The fourth-order valence-electron chi connectivity index (χ4n) is 2.49. The van der Waals surface area contributed by atoms with Crippen LogP contribution in [0.1, 0.15) is 44.7 Å². The molecule has 1 aromatic carbocycles. The molecule has 0 saturated carbocycles. The molecule has 0 saturated heterocycles. The van der Waals surface area contributed by atoms with Gasteiger partial charge in [0.25, 0.3) is 0 Å². The summed E-state index contributed by atoms with van der Waals surface area (Å²) in [5.41, 5.74) is 0.589. The van der Waals surface area contributed by atoms with Gasteiger partial charge in [-0.05, 0) is 11.5 Å². The number of benzene rings is 1. The molecule has 0 aliphatic heterocycles. The predicted octanol–water partition coefficient (Wildman–Crippen LogP) is 4.07. The molecule has 2 unspecified atom stereocenters. The molecule has 0 spiro atoms. The van der Waals surface area contributed by atoms with Gasteiger partial charge in [0, 0.05) is 12.6 Å². The Labute approximate surface area is 124 Å². The molecule has 1 rings (SSSR count). The maximum Gasteiger partial charge on any atom is 0.390 e. The van der Waals surface area contributed by atoms with Crippen molar-refractivity contribution in [3.8, 4) is 0 Å². The summed E-state index contributed by atoms with van der Waals surface area (Å²) in [4.78, 5) is 0. The molecule has 0 aliphatic carbocycles. The van der Waals surface area contributed by atoms with Crippen molar-refractivity contribution in [2.45, 2.75) is 51.4 Å². The molecule has 2 nitrogen and oxygen atoms in total. The minimum Gasteiger partial charge on any atom is -0.392 e. The van der Waals surface area contributed by atoms with E-state index in [0.29, 0.717) is 5.56 Å².